The normalized spacial score (nSPS) is 22.8. The number of amides is 2. The van der Waals surface area contributed by atoms with Crippen LogP contribution in [-0.2, 0) is 12.8 Å². The van der Waals surface area contributed by atoms with Gasteiger partial charge in [0.15, 0.2) is 0 Å². The number of benzene rings is 1. The van der Waals surface area contributed by atoms with E-state index in [1.807, 2.05) is 23.8 Å². The summed E-state index contributed by atoms with van der Waals surface area (Å²) in [5.41, 5.74) is 4.28. The molecule has 3 heteroatoms. The molecular formula is C15H20N2O. The lowest BCUT2D eigenvalue weighted by Gasteiger charge is -2.19. The van der Waals surface area contributed by atoms with Gasteiger partial charge < -0.3 is 9.80 Å². The van der Waals surface area contributed by atoms with Crippen LogP contribution in [0.1, 0.15) is 36.1 Å². The van der Waals surface area contributed by atoms with Gasteiger partial charge in [-0.1, -0.05) is 18.2 Å². The molecule has 1 unspecified atom stereocenters. The molecule has 0 saturated carbocycles. The Kier molecular flexibility index (Phi) is 2.77. The van der Waals surface area contributed by atoms with Gasteiger partial charge in [0.1, 0.15) is 0 Å². The number of hydrogen-bond acceptors (Lipinski definition) is 1. The third-order valence-corrected chi connectivity index (χ3v) is 4.32. The lowest BCUT2D eigenvalue weighted by Crippen LogP contribution is -2.29. The second kappa shape index (κ2) is 4.30. The van der Waals surface area contributed by atoms with Crippen LogP contribution in [0.4, 0.5) is 4.79 Å². The van der Waals surface area contributed by atoms with Crippen LogP contribution in [0.25, 0.3) is 0 Å². The zero-order valence-corrected chi connectivity index (χ0v) is 11.1. The van der Waals surface area contributed by atoms with E-state index >= 15 is 0 Å². The van der Waals surface area contributed by atoms with E-state index in [0.29, 0.717) is 0 Å². The summed E-state index contributed by atoms with van der Waals surface area (Å²) >= 11 is 0. The van der Waals surface area contributed by atoms with Crippen LogP contribution < -0.4 is 0 Å². The maximum atomic E-state index is 12.0. The first kappa shape index (κ1) is 11.6. The summed E-state index contributed by atoms with van der Waals surface area (Å²) in [5, 5.41) is 0. The van der Waals surface area contributed by atoms with Crippen LogP contribution in [-0.4, -0.2) is 36.0 Å². The van der Waals surface area contributed by atoms with Crippen molar-refractivity contribution in [3.05, 3.63) is 34.9 Å². The number of fused-ring (bicyclic) bond motifs is 1. The van der Waals surface area contributed by atoms with Crippen LogP contribution >= 0.6 is 0 Å². The van der Waals surface area contributed by atoms with Crippen molar-refractivity contribution in [2.75, 3.05) is 20.1 Å². The van der Waals surface area contributed by atoms with Crippen molar-refractivity contribution >= 4 is 6.03 Å². The Morgan fingerprint density at radius 3 is 2.78 bits per heavy atom. The van der Waals surface area contributed by atoms with Gasteiger partial charge in [0.05, 0.1) is 6.04 Å². The fourth-order valence-corrected chi connectivity index (χ4v) is 3.16. The molecule has 18 heavy (non-hydrogen) atoms. The molecule has 2 amide bonds. The van der Waals surface area contributed by atoms with E-state index in [2.05, 4.69) is 18.2 Å². The summed E-state index contributed by atoms with van der Waals surface area (Å²) in [6, 6.07) is 7.16. The van der Waals surface area contributed by atoms with Crippen molar-refractivity contribution in [3.8, 4) is 0 Å². The number of nitrogens with zero attached hydrogens (tertiary/aromatic N) is 2. The summed E-state index contributed by atoms with van der Waals surface area (Å²) in [7, 11) is 1.91. The second-order valence-electron chi connectivity index (χ2n) is 5.33. The van der Waals surface area contributed by atoms with Gasteiger partial charge in [-0.2, -0.15) is 0 Å². The van der Waals surface area contributed by atoms with E-state index in [9.17, 15) is 4.79 Å². The number of rotatable bonds is 2. The first-order chi connectivity index (χ1) is 8.70. The van der Waals surface area contributed by atoms with Crippen molar-refractivity contribution in [2.45, 2.75) is 32.2 Å². The van der Waals surface area contributed by atoms with Crippen molar-refractivity contribution in [1.82, 2.24) is 9.80 Å². The molecule has 1 aliphatic heterocycles. The zero-order valence-electron chi connectivity index (χ0n) is 11.1. The van der Waals surface area contributed by atoms with Crippen molar-refractivity contribution in [3.63, 3.8) is 0 Å². The first-order valence-electron chi connectivity index (χ1n) is 6.84. The fourth-order valence-electron chi connectivity index (χ4n) is 3.16. The number of carbonyl (C=O) groups is 1. The lowest BCUT2D eigenvalue weighted by atomic mass is 10.0. The summed E-state index contributed by atoms with van der Waals surface area (Å²) in [6.45, 7) is 3.66. The molecule has 2 aliphatic rings. The monoisotopic (exact) mass is 244 g/mol. The van der Waals surface area contributed by atoms with E-state index in [0.717, 1.165) is 13.1 Å². The van der Waals surface area contributed by atoms with Crippen LogP contribution in [0.3, 0.4) is 0 Å². The predicted octanol–water partition coefficient (Wildman–Crippen LogP) is 2.60. The average molecular weight is 244 g/mol. The predicted molar refractivity (Wildman–Crippen MR) is 71.6 cm³/mol. The molecule has 1 heterocycles. The molecule has 1 saturated heterocycles. The molecule has 1 aliphatic carbocycles. The topological polar surface area (TPSA) is 23.6 Å². The highest BCUT2D eigenvalue weighted by molar-refractivity contribution is 5.77. The van der Waals surface area contributed by atoms with Crippen LogP contribution in [0, 0.1) is 0 Å². The minimum atomic E-state index is 0.156. The fraction of sp³-hybridized carbons (Fsp3) is 0.533. The van der Waals surface area contributed by atoms with Crippen molar-refractivity contribution in [1.29, 1.82) is 0 Å². The third kappa shape index (κ3) is 1.69. The third-order valence-electron chi connectivity index (χ3n) is 4.32. The highest BCUT2D eigenvalue weighted by Crippen LogP contribution is 2.31. The Labute approximate surface area is 108 Å². The number of carbonyl (C=O) groups excluding carboxylic acids is 1. The summed E-state index contributed by atoms with van der Waals surface area (Å²) in [6.07, 6.45) is 3.69. The van der Waals surface area contributed by atoms with Crippen LogP contribution in [0.15, 0.2) is 18.2 Å². The van der Waals surface area contributed by atoms with Gasteiger partial charge >= 0.3 is 6.03 Å². The first-order valence-corrected chi connectivity index (χ1v) is 6.84. The smallest absolute Gasteiger partial charge is 0.320 e. The molecule has 0 aromatic heterocycles. The standard InChI is InChI=1S/C15H20N2O/c1-3-17-10-14(16(2)15(17)18)13-8-7-11-5-4-6-12(11)9-13/h7-9,14H,3-6,10H2,1-2H3. The Balaban J connectivity index is 1.89. The highest BCUT2D eigenvalue weighted by Gasteiger charge is 2.34. The molecule has 0 N–H and O–H groups in total. The van der Waals surface area contributed by atoms with Crippen molar-refractivity contribution in [2.24, 2.45) is 0 Å². The van der Waals surface area contributed by atoms with E-state index in [4.69, 9.17) is 0 Å². The van der Waals surface area contributed by atoms with E-state index in [-0.39, 0.29) is 12.1 Å². The molecular weight excluding hydrogens is 224 g/mol. The van der Waals surface area contributed by atoms with E-state index < -0.39 is 0 Å². The molecule has 1 aromatic carbocycles. The van der Waals surface area contributed by atoms with Gasteiger partial charge in [-0.05, 0) is 42.9 Å². The second-order valence-corrected chi connectivity index (χ2v) is 5.33. The maximum absolute atomic E-state index is 12.0. The van der Waals surface area contributed by atoms with Gasteiger partial charge in [0.2, 0.25) is 0 Å². The van der Waals surface area contributed by atoms with Gasteiger partial charge in [-0.25, -0.2) is 4.79 Å². The summed E-state index contributed by atoms with van der Waals surface area (Å²) in [4.78, 5) is 15.8. The van der Waals surface area contributed by atoms with E-state index in [1.165, 1.54) is 36.0 Å². The molecule has 3 rings (SSSR count). The minimum absolute atomic E-state index is 0.156. The molecule has 0 radical (unpaired) electrons. The maximum Gasteiger partial charge on any atom is 0.320 e. The highest BCUT2D eigenvalue weighted by atomic mass is 16.2. The quantitative estimate of drug-likeness (QED) is 0.784. The number of hydrogen-bond donors (Lipinski definition) is 0. The largest absolute Gasteiger partial charge is 0.323 e. The lowest BCUT2D eigenvalue weighted by molar-refractivity contribution is 0.197. The molecule has 1 atom stereocenters. The van der Waals surface area contributed by atoms with Crippen LogP contribution in [0.2, 0.25) is 0 Å². The van der Waals surface area contributed by atoms with Crippen molar-refractivity contribution < 1.29 is 4.79 Å². The zero-order chi connectivity index (χ0) is 12.7. The number of urea groups is 1. The summed E-state index contributed by atoms with van der Waals surface area (Å²) in [5.74, 6) is 0. The number of likely N-dealkylation sites (N-methyl/N-ethyl adjacent to an activating group) is 2. The van der Waals surface area contributed by atoms with E-state index in [1.54, 1.807) is 0 Å². The Hall–Kier alpha value is -1.51. The minimum Gasteiger partial charge on any atom is -0.323 e. The Bertz CT molecular complexity index is 483. The molecule has 1 aromatic rings. The van der Waals surface area contributed by atoms with Crippen LogP contribution in [0.5, 0.6) is 0 Å². The molecule has 96 valence electrons. The van der Waals surface area contributed by atoms with Gasteiger partial charge in [-0.3, -0.25) is 0 Å². The number of aryl methyl sites for hydroxylation is 2. The Morgan fingerprint density at radius 1 is 1.28 bits per heavy atom. The molecule has 1 fully saturated rings. The summed E-state index contributed by atoms with van der Waals surface area (Å²) < 4.78 is 0. The average Bonchev–Trinajstić information content (AvgIpc) is 2.95. The van der Waals surface area contributed by atoms with Gasteiger partial charge in [-0.15, -0.1) is 0 Å². The molecule has 0 bridgehead atoms. The van der Waals surface area contributed by atoms with Gasteiger partial charge in [0.25, 0.3) is 0 Å². The molecule has 0 spiro atoms. The Morgan fingerprint density at radius 2 is 2.06 bits per heavy atom. The SMILES string of the molecule is CCN1CC(c2ccc3c(c2)CCC3)N(C)C1=O. The molecule has 3 nitrogen and oxygen atoms in total. The van der Waals surface area contributed by atoms with Gasteiger partial charge in [0, 0.05) is 20.1 Å².